The van der Waals surface area contributed by atoms with Gasteiger partial charge in [-0.3, -0.25) is 4.72 Å². The fourth-order valence-corrected chi connectivity index (χ4v) is 5.79. The minimum absolute atomic E-state index is 0.154. The lowest BCUT2D eigenvalue weighted by atomic mass is 9.98. The predicted octanol–water partition coefficient (Wildman–Crippen LogP) is 5.73. The summed E-state index contributed by atoms with van der Waals surface area (Å²) < 4.78 is 39.3. The Morgan fingerprint density at radius 3 is 2.32 bits per heavy atom. The van der Waals surface area contributed by atoms with Gasteiger partial charge in [0.2, 0.25) is 0 Å². The Morgan fingerprint density at radius 2 is 1.63 bits per heavy atom. The molecular weight excluding hydrogens is 538 g/mol. The van der Waals surface area contributed by atoms with Crippen LogP contribution in [0.5, 0.6) is 11.5 Å². The van der Waals surface area contributed by atoms with Crippen molar-refractivity contribution in [1.82, 2.24) is 14.9 Å². The van der Waals surface area contributed by atoms with Crippen LogP contribution in [0.3, 0.4) is 0 Å². The zero-order valence-corrected chi connectivity index (χ0v) is 24.3. The number of nitrogens with one attached hydrogen (secondary N) is 2. The number of hydrogen-bond donors (Lipinski definition) is 2. The van der Waals surface area contributed by atoms with Crippen LogP contribution in [0.15, 0.2) is 84.0 Å². The van der Waals surface area contributed by atoms with Crippen molar-refractivity contribution in [3.63, 3.8) is 0 Å². The highest BCUT2D eigenvalue weighted by atomic mass is 32.2. The predicted molar refractivity (Wildman–Crippen MR) is 161 cm³/mol. The molecule has 0 amide bonds. The Bertz CT molecular complexity index is 1570. The van der Waals surface area contributed by atoms with Crippen molar-refractivity contribution in [2.45, 2.75) is 24.7 Å². The van der Waals surface area contributed by atoms with Gasteiger partial charge in [-0.25, -0.2) is 18.4 Å². The standard InChI is InChI=1S/C31H35N5O4S/c1-22-18-24(4-13-30(22)40-20-23-14-16-36(2)17-15-23)29-19-31(33-21-32-29)34-25-5-7-26(8-6-25)35-41(37,38)28-11-9-27(39-3)10-12-28/h4-13,18-19,21,23,35H,14-17,20H2,1-3H3,(H,32,33,34). The molecule has 9 nitrogen and oxygen atoms in total. The smallest absolute Gasteiger partial charge is 0.261 e. The number of benzene rings is 3. The van der Waals surface area contributed by atoms with Gasteiger partial charge in [-0.1, -0.05) is 0 Å². The van der Waals surface area contributed by atoms with Gasteiger partial charge in [-0.15, -0.1) is 0 Å². The molecule has 0 saturated carbocycles. The Labute approximate surface area is 241 Å². The fourth-order valence-electron chi connectivity index (χ4n) is 4.73. The van der Waals surface area contributed by atoms with Gasteiger partial charge in [0, 0.05) is 23.0 Å². The third-order valence-electron chi connectivity index (χ3n) is 7.23. The first-order valence-electron chi connectivity index (χ1n) is 13.6. The summed E-state index contributed by atoms with van der Waals surface area (Å²) in [5, 5.41) is 3.26. The number of piperidine rings is 1. The highest BCUT2D eigenvalue weighted by Gasteiger charge is 2.18. The highest BCUT2D eigenvalue weighted by molar-refractivity contribution is 7.92. The molecule has 2 heterocycles. The molecule has 3 aromatic carbocycles. The largest absolute Gasteiger partial charge is 0.497 e. The molecule has 1 fully saturated rings. The van der Waals surface area contributed by atoms with Gasteiger partial charge in [0.05, 0.1) is 24.3 Å². The molecule has 10 heteroatoms. The minimum Gasteiger partial charge on any atom is -0.497 e. The maximum absolute atomic E-state index is 12.7. The van der Waals surface area contributed by atoms with Gasteiger partial charge >= 0.3 is 0 Å². The second kappa shape index (κ2) is 12.6. The third kappa shape index (κ3) is 7.33. The lowest BCUT2D eigenvalue weighted by molar-refractivity contribution is 0.159. The number of nitrogens with zero attached hydrogens (tertiary/aromatic N) is 3. The van der Waals surface area contributed by atoms with Crippen molar-refractivity contribution in [3.05, 3.63) is 84.7 Å². The van der Waals surface area contributed by atoms with E-state index in [0.717, 1.165) is 48.0 Å². The zero-order chi connectivity index (χ0) is 28.8. The topological polar surface area (TPSA) is 106 Å². The Hall–Kier alpha value is -4.15. The van der Waals surface area contributed by atoms with E-state index in [1.165, 1.54) is 38.4 Å². The molecule has 0 radical (unpaired) electrons. The van der Waals surface area contributed by atoms with Crippen molar-refractivity contribution in [2.24, 2.45) is 5.92 Å². The summed E-state index contributed by atoms with van der Waals surface area (Å²) in [6, 6.07) is 21.2. The average molecular weight is 574 g/mol. The monoisotopic (exact) mass is 573 g/mol. The third-order valence-corrected chi connectivity index (χ3v) is 8.63. The Balaban J connectivity index is 1.20. The number of rotatable bonds is 10. The number of anilines is 3. The van der Waals surface area contributed by atoms with Crippen LogP contribution in [-0.2, 0) is 10.0 Å². The number of likely N-dealkylation sites (tertiary alicyclic amines) is 1. The molecule has 4 aromatic rings. The van der Waals surface area contributed by atoms with E-state index in [0.29, 0.717) is 23.2 Å². The highest BCUT2D eigenvalue weighted by Crippen LogP contribution is 2.28. The second-order valence-electron chi connectivity index (χ2n) is 10.3. The van der Waals surface area contributed by atoms with E-state index in [1.807, 2.05) is 18.2 Å². The summed E-state index contributed by atoms with van der Waals surface area (Å²) in [5.74, 6) is 2.72. The fraction of sp³-hybridized carbons (Fsp3) is 0.290. The number of methoxy groups -OCH3 is 1. The number of sulfonamides is 1. The average Bonchev–Trinajstić information content (AvgIpc) is 2.98. The van der Waals surface area contributed by atoms with Crippen LogP contribution < -0.4 is 19.5 Å². The van der Waals surface area contributed by atoms with Gasteiger partial charge in [-0.05, 0) is 118 Å². The molecule has 2 N–H and O–H groups in total. The van der Waals surface area contributed by atoms with Gasteiger partial charge in [0.1, 0.15) is 23.6 Å². The first kappa shape index (κ1) is 28.4. The molecule has 41 heavy (non-hydrogen) atoms. The van der Waals surface area contributed by atoms with Crippen molar-refractivity contribution < 1.29 is 17.9 Å². The molecule has 1 aliphatic rings. The van der Waals surface area contributed by atoms with Gasteiger partial charge in [-0.2, -0.15) is 0 Å². The quantitative estimate of drug-likeness (QED) is 0.248. The first-order chi connectivity index (χ1) is 19.8. The van der Waals surface area contributed by atoms with Crippen LogP contribution in [0.25, 0.3) is 11.3 Å². The molecule has 1 aliphatic heterocycles. The summed E-state index contributed by atoms with van der Waals surface area (Å²) in [6.07, 6.45) is 3.87. The molecule has 0 spiro atoms. The summed E-state index contributed by atoms with van der Waals surface area (Å²) in [7, 11) is -0.0200. The number of aromatic nitrogens is 2. The normalized spacial score (nSPS) is 14.4. The van der Waals surface area contributed by atoms with E-state index in [9.17, 15) is 8.42 Å². The van der Waals surface area contributed by atoms with Crippen LogP contribution in [-0.4, -0.2) is 57.1 Å². The SMILES string of the molecule is COc1ccc(S(=O)(=O)Nc2ccc(Nc3cc(-c4ccc(OCC5CCN(C)CC5)c(C)c4)ncn3)cc2)cc1. The Morgan fingerprint density at radius 1 is 0.927 bits per heavy atom. The van der Waals surface area contributed by atoms with Crippen LogP contribution in [0.1, 0.15) is 18.4 Å². The van der Waals surface area contributed by atoms with Gasteiger partial charge < -0.3 is 19.7 Å². The van der Waals surface area contributed by atoms with Crippen molar-refractivity contribution in [3.8, 4) is 22.8 Å². The zero-order valence-electron chi connectivity index (χ0n) is 23.5. The van der Waals surface area contributed by atoms with Crippen molar-refractivity contribution in [1.29, 1.82) is 0 Å². The van der Waals surface area contributed by atoms with E-state index < -0.39 is 10.0 Å². The molecule has 0 atom stereocenters. The maximum Gasteiger partial charge on any atom is 0.261 e. The van der Waals surface area contributed by atoms with Crippen molar-refractivity contribution in [2.75, 3.05) is 43.9 Å². The molecular formula is C31H35N5O4S. The van der Waals surface area contributed by atoms with Crippen LogP contribution in [0.4, 0.5) is 17.2 Å². The van der Waals surface area contributed by atoms with Crippen LogP contribution >= 0.6 is 0 Å². The molecule has 5 rings (SSSR count). The maximum atomic E-state index is 12.7. The molecule has 1 aromatic heterocycles. The lowest BCUT2D eigenvalue weighted by Gasteiger charge is -2.28. The van der Waals surface area contributed by atoms with Crippen molar-refractivity contribution >= 4 is 27.2 Å². The first-order valence-corrected chi connectivity index (χ1v) is 15.1. The number of ether oxygens (including phenoxy) is 2. The molecule has 0 bridgehead atoms. The molecule has 1 saturated heterocycles. The van der Waals surface area contributed by atoms with E-state index in [1.54, 1.807) is 36.4 Å². The number of aryl methyl sites for hydroxylation is 1. The van der Waals surface area contributed by atoms with Gasteiger partial charge in [0.25, 0.3) is 10.0 Å². The van der Waals surface area contributed by atoms with Crippen LogP contribution in [0, 0.1) is 12.8 Å². The minimum atomic E-state index is -3.72. The summed E-state index contributed by atoms with van der Waals surface area (Å²) in [6.45, 7) is 5.06. The Kier molecular flexibility index (Phi) is 8.70. The summed E-state index contributed by atoms with van der Waals surface area (Å²) in [5.41, 5.74) is 4.04. The summed E-state index contributed by atoms with van der Waals surface area (Å²) >= 11 is 0. The molecule has 214 valence electrons. The molecule has 0 unspecified atom stereocenters. The molecule has 0 aliphatic carbocycles. The van der Waals surface area contributed by atoms with E-state index in [2.05, 4.69) is 44.9 Å². The van der Waals surface area contributed by atoms with E-state index in [4.69, 9.17) is 9.47 Å². The van der Waals surface area contributed by atoms with Gasteiger partial charge in [0.15, 0.2) is 0 Å². The second-order valence-corrected chi connectivity index (χ2v) is 12.0. The lowest BCUT2D eigenvalue weighted by Crippen LogP contribution is -2.32. The van der Waals surface area contributed by atoms with Crippen LogP contribution in [0.2, 0.25) is 0 Å². The van der Waals surface area contributed by atoms with E-state index >= 15 is 0 Å². The summed E-state index contributed by atoms with van der Waals surface area (Å²) in [4.78, 5) is 11.3. The number of hydrogen-bond acceptors (Lipinski definition) is 8. The van der Waals surface area contributed by atoms with E-state index in [-0.39, 0.29) is 4.90 Å².